The van der Waals surface area contributed by atoms with Crippen molar-refractivity contribution in [2.24, 2.45) is 0 Å². The molecule has 2 heterocycles. The maximum absolute atomic E-state index is 12.2. The van der Waals surface area contributed by atoms with Crippen molar-refractivity contribution in [1.29, 1.82) is 0 Å². The van der Waals surface area contributed by atoms with Crippen LogP contribution in [0.4, 0.5) is 4.79 Å². The Morgan fingerprint density at radius 2 is 2.42 bits per heavy atom. The van der Waals surface area contributed by atoms with E-state index in [1.54, 1.807) is 11.3 Å². The smallest absolute Gasteiger partial charge is 0.317 e. The van der Waals surface area contributed by atoms with E-state index < -0.39 is 0 Å². The third-order valence-electron chi connectivity index (χ3n) is 3.17. The number of ether oxygens (including phenoxy) is 1. The minimum Gasteiger partial charge on any atom is -0.372 e. The highest BCUT2D eigenvalue weighted by Gasteiger charge is 2.30. The zero-order valence-electron chi connectivity index (χ0n) is 11.8. The van der Waals surface area contributed by atoms with Crippen molar-refractivity contribution in [1.82, 2.24) is 10.2 Å². The van der Waals surface area contributed by atoms with Gasteiger partial charge in [0.2, 0.25) is 0 Å². The van der Waals surface area contributed by atoms with E-state index >= 15 is 0 Å². The maximum Gasteiger partial charge on any atom is 0.317 e. The molecule has 5 heteroatoms. The lowest BCUT2D eigenvalue weighted by Gasteiger charge is -2.38. The summed E-state index contributed by atoms with van der Waals surface area (Å²) in [6.07, 6.45) is 0.886. The topological polar surface area (TPSA) is 41.6 Å². The predicted molar refractivity (Wildman–Crippen MR) is 77.6 cm³/mol. The lowest BCUT2D eigenvalue weighted by atomic mass is 10.1. The highest BCUT2D eigenvalue weighted by atomic mass is 32.1. The zero-order chi connectivity index (χ0) is 13.9. The molecule has 1 unspecified atom stereocenters. The Hall–Kier alpha value is -1.07. The van der Waals surface area contributed by atoms with Gasteiger partial charge < -0.3 is 15.0 Å². The summed E-state index contributed by atoms with van der Waals surface area (Å²) in [4.78, 5) is 15.3. The average molecular weight is 282 g/mol. The average Bonchev–Trinajstić information content (AvgIpc) is 2.80. The number of hydrogen-bond donors (Lipinski definition) is 1. The van der Waals surface area contributed by atoms with E-state index in [4.69, 9.17) is 4.74 Å². The molecule has 2 rings (SSSR count). The van der Waals surface area contributed by atoms with Gasteiger partial charge in [0, 0.05) is 23.9 Å². The van der Waals surface area contributed by atoms with Gasteiger partial charge in [0.05, 0.1) is 18.8 Å². The van der Waals surface area contributed by atoms with Gasteiger partial charge in [-0.25, -0.2) is 4.79 Å². The molecule has 0 bridgehead atoms. The second-order valence-corrected chi connectivity index (χ2v) is 6.70. The van der Waals surface area contributed by atoms with Crippen molar-refractivity contribution >= 4 is 17.4 Å². The molecule has 0 spiro atoms. The fraction of sp³-hybridized carbons (Fsp3) is 0.643. The quantitative estimate of drug-likeness (QED) is 0.925. The van der Waals surface area contributed by atoms with Crippen molar-refractivity contribution < 1.29 is 9.53 Å². The summed E-state index contributed by atoms with van der Waals surface area (Å²) in [5.74, 6) is 0. The Labute approximate surface area is 118 Å². The summed E-state index contributed by atoms with van der Waals surface area (Å²) >= 11 is 1.73. The number of nitrogens with one attached hydrogen (secondary N) is 1. The van der Waals surface area contributed by atoms with Crippen molar-refractivity contribution in [2.75, 3.05) is 19.7 Å². The Kier molecular flexibility index (Phi) is 4.47. The van der Waals surface area contributed by atoms with E-state index in [9.17, 15) is 4.79 Å². The fourth-order valence-electron chi connectivity index (χ4n) is 2.27. The van der Waals surface area contributed by atoms with Crippen LogP contribution in [0.5, 0.6) is 0 Å². The molecule has 1 aromatic heterocycles. The number of urea groups is 1. The standard InChI is InChI=1S/C14H22N2O2S/c1-11(9-12-5-4-8-19-12)15-13(17)16-6-7-18-14(2,3)10-16/h4-5,8,11H,6-7,9-10H2,1-3H3,(H,15,17). The highest BCUT2D eigenvalue weighted by Crippen LogP contribution is 2.17. The second-order valence-electron chi connectivity index (χ2n) is 5.66. The van der Waals surface area contributed by atoms with Crippen LogP contribution in [0.25, 0.3) is 0 Å². The van der Waals surface area contributed by atoms with Gasteiger partial charge in [-0.2, -0.15) is 0 Å². The summed E-state index contributed by atoms with van der Waals surface area (Å²) in [5.41, 5.74) is -0.243. The zero-order valence-corrected chi connectivity index (χ0v) is 12.6. The Bertz CT molecular complexity index is 417. The Morgan fingerprint density at radius 3 is 3.05 bits per heavy atom. The van der Waals surface area contributed by atoms with Gasteiger partial charge in [-0.15, -0.1) is 11.3 Å². The van der Waals surface area contributed by atoms with Crippen LogP contribution in [0, 0.1) is 0 Å². The van der Waals surface area contributed by atoms with E-state index in [0.29, 0.717) is 19.7 Å². The van der Waals surface area contributed by atoms with Gasteiger partial charge in [0.15, 0.2) is 0 Å². The van der Waals surface area contributed by atoms with E-state index in [1.807, 2.05) is 31.7 Å². The van der Waals surface area contributed by atoms with Crippen molar-refractivity contribution in [2.45, 2.75) is 38.8 Å². The van der Waals surface area contributed by atoms with E-state index in [-0.39, 0.29) is 17.7 Å². The third kappa shape index (κ3) is 4.21. The first-order chi connectivity index (χ1) is 8.96. The van der Waals surface area contributed by atoms with Gasteiger partial charge in [-0.1, -0.05) is 6.07 Å². The van der Waals surface area contributed by atoms with Crippen LogP contribution < -0.4 is 5.32 Å². The van der Waals surface area contributed by atoms with E-state index in [2.05, 4.69) is 16.8 Å². The molecule has 1 N–H and O–H groups in total. The molecule has 4 nitrogen and oxygen atoms in total. The lowest BCUT2D eigenvalue weighted by molar-refractivity contribution is -0.0735. The van der Waals surface area contributed by atoms with Crippen LogP contribution in [-0.4, -0.2) is 42.3 Å². The van der Waals surface area contributed by atoms with Crippen LogP contribution in [0.3, 0.4) is 0 Å². The fourth-order valence-corrected chi connectivity index (χ4v) is 3.11. The molecule has 1 aliphatic rings. The van der Waals surface area contributed by atoms with Gasteiger partial charge in [0.25, 0.3) is 0 Å². The minimum absolute atomic E-state index is 0.0143. The molecule has 1 saturated heterocycles. The Balaban J connectivity index is 1.83. The van der Waals surface area contributed by atoms with Gasteiger partial charge in [0.1, 0.15) is 0 Å². The molecule has 0 radical (unpaired) electrons. The molecule has 1 aliphatic heterocycles. The summed E-state index contributed by atoms with van der Waals surface area (Å²) in [6, 6.07) is 4.31. The minimum atomic E-state index is -0.243. The molecule has 106 valence electrons. The number of thiophene rings is 1. The molecule has 1 atom stereocenters. The molecule has 19 heavy (non-hydrogen) atoms. The molecule has 2 amide bonds. The van der Waals surface area contributed by atoms with Gasteiger partial charge >= 0.3 is 6.03 Å². The predicted octanol–water partition coefficient (Wildman–Crippen LogP) is 2.50. The number of carbonyl (C=O) groups is 1. The Morgan fingerprint density at radius 1 is 1.63 bits per heavy atom. The van der Waals surface area contributed by atoms with Crippen LogP contribution >= 0.6 is 11.3 Å². The number of amides is 2. The van der Waals surface area contributed by atoms with E-state index in [1.165, 1.54) is 4.88 Å². The van der Waals surface area contributed by atoms with Crippen LogP contribution in [-0.2, 0) is 11.2 Å². The molecular weight excluding hydrogens is 260 g/mol. The van der Waals surface area contributed by atoms with Gasteiger partial charge in [-0.3, -0.25) is 0 Å². The first-order valence-electron chi connectivity index (χ1n) is 6.68. The molecule has 1 fully saturated rings. The van der Waals surface area contributed by atoms with Crippen LogP contribution in [0.1, 0.15) is 25.6 Å². The normalized spacial score (nSPS) is 20.1. The number of morpholine rings is 1. The number of hydrogen-bond acceptors (Lipinski definition) is 3. The number of carbonyl (C=O) groups excluding carboxylic acids is 1. The first-order valence-corrected chi connectivity index (χ1v) is 7.56. The van der Waals surface area contributed by atoms with Crippen LogP contribution in [0.15, 0.2) is 17.5 Å². The van der Waals surface area contributed by atoms with Crippen molar-refractivity contribution in [3.63, 3.8) is 0 Å². The van der Waals surface area contributed by atoms with Crippen molar-refractivity contribution in [3.05, 3.63) is 22.4 Å². The molecule has 1 aromatic rings. The summed E-state index contributed by atoms with van der Waals surface area (Å²) in [6.45, 7) is 8.00. The lowest BCUT2D eigenvalue weighted by Crippen LogP contribution is -2.54. The molecule has 0 aromatic carbocycles. The number of nitrogens with zero attached hydrogens (tertiary/aromatic N) is 1. The SMILES string of the molecule is CC(Cc1cccs1)NC(=O)N1CCOC(C)(C)C1. The maximum atomic E-state index is 12.2. The van der Waals surface area contributed by atoms with Crippen LogP contribution in [0.2, 0.25) is 0 Å². The van der Waals surface area contributed by atoms with E-state index in [0.717, 1.165) is 6.42 Å². The largest absolute Gasteiger partial charge is 0.372 e. The summed E-state index contributed by atoms with van der Waals surface area (Å²) < 4.78 is 5.62. The van der Waals surface area contributed by atoms with Gasteiger partial charge in [-0.05, 0) is 32.2 Å². The number of rotatable bonds is 3. The second kappa shape index (κ2) is 5.92. The highest BCUT2D eigenvalue weighted by molar-refractivity contribution is 7.09. The van der Waals surface area contributed by atoms with Crippen molar-refractivity contribution in [3.8, 4) is 0 Å². The molecular formula is C14H22N2O2S. The monoisotopic (exact) mass is 282 g/mol. The molecule has 0 aliphatic carbocycles. The first kappa shape index (κ1) is 14.3. The molecule has 0 saturated carbocycles. The summed E-state index contributed by atoms with van der Waals surface area (Å²) in [5, 5.41) is 5.13. The third-order valence-corrected chi connectivity index (χ3v) is 4.07. The summed E-state index contributed by atoms with van der Waals surface area (Å²) in [7, 11) is 0.